The van der Waals surface area contributed by atoms with Crippen LogP contribution in [0.4, 0.5) is 5.82 Å². The lowest BCUT2D eigenvalue weighted by Gasteiger charge is -2.35. The number of hydrogen-bond donors (Lipinski definition) is 0. The fourth-order valence-electron chi connectivity index (χ4n) is 4.08. The first-order valence-electron chi connectivity index (χ1n) is 11.1. The Kier molecular flexibility index (Phi) is 5.60. The molecular weight excluding hydrogens is 416 g/mol. The Bertz CT molecular complexity index is 1340. The van der Waals surface area contributed by atoms with Gasteiger partial charge in [-0.05, 0) is 36.2 Å². The molecule has 7 nitrogen and oxygen atoms in total. The van der Waals surface area contributed by atoms with Gasteiger partial charge >= 0.3 is 5.63 Å². The highest BCUT2D eigenvalue weighted by molar-refractivity contribution is 5.96. The van der Waals surface area contributed by atoms with Crippen LogP contribution in [0.2, 0.25) is 0 Å². The lowest BCUT2D eigenvalue weighted by atomic mass is 10.1. The molecule has 2 aromatic heterocycles. The van der Waals surface area contributed by atoms with Gasteiger partial charge in [-0.3, -0.25) is 4.79 Å². The number of piperazine rings is 1. The summed E-state index contributed by atoms with van der Waals surface area (Å²) >= 11 is 0. The topological polar surface area (TPSA) is 79.5 Å². The molecule has 2 aromatic carbocycles. The van der Waals surface area contributed by atoms with Crippen LogP contribution >= 0.6 is 0 Å². The minimum absolute atomic E-state index is 0.0698. The molecule has 1 fully saturated rings. The predicted octanol–water partition coefficient (Wildman–Crippen LogP) is 3.77. The number of nitrogens with zero attached hydrogens (tertiary/aromatic N) is 4. The molecule has 166 valence electrons. The van der Waals surface area contributed by atoms with E-state index in [1.165, 1.54) is 5.56 Å². The summed E-state index contributed by atoms with van der Waals surface area (Å²) in [4.78, 5) is 29.1. The summed E-state index contributed by atoms with van der Waals surface area (Å²) in [5.41, 5.74) is 3.11. The number of amides is 1. The van der Waals surface area contributed by atoms with Crippen LogP contribution in [0.5, 0.6) is 0 Å². The molecule has 0 N–H and O–H groups in total. The minimum Gasteiger partial charge on any atom is -0.422 e. The van der Waals surface area contributed by atoms with Crippen molar-refractivity contribution in [2.24, 2.45) is 0 Å². The van der Waals surface area contributed by atoms with Gasteiger partial charge in [0.1, 0.15) is 11.1 Å². The molecule has 1 aliphatic rings. The number of rotatable bonds is 4. The number of aryl methyl sites for hydroxylation is 1. The van der Waals surface area contributed by atoms with Crippen LogP contribution < -0.4 is 10.5 Å². The maximum absolute atomic E-state index is 13.0. The van der Waals surface area contributed by atoms with Crippen LogP contribution in [0, 0.1) is 0 Å². The first kappa shape index (κ1) is 20.9. The second kappa shape index (κ2) is 8.86. The molecule has 1 aliphatic heterocycles. The minimum atomic E-state index is -0.602. The second-order valence-electron chi connectivity index (χ2n) is 8.09. The molecule has 0 spiro atoms. The van der Waals surface area contributed by atoms with E-state index in [0.717, 1.165) is 28.9 Å². The number of carbonyl (C=O) groups excluding carboxylic acids is 1. The Morgan fingerprint density at radius 1 is 0.939 bits per heavy atom. The normalized spacial score (nSPS) is 14.0. The van der Waals surface area contributed by atoms with Gasteiger partial charge in [-0.2, -0.15) is 0 Å². The van der Waals surface area contributed by atoms with Crippen LogP contribution in [0.1, 0.15) is 22.8 Å². The fourth-order valence-corrected chi connectivity index (χ4v) is 4.08. The van der Waals surface area contributed by atoms with Crippen molar-refractivity contribution in [1.29, 1.82) is 0 Å². The number of hydrogen-bond acceptors (Lipinski definition) is 6. The van der Waals surface area contributed by atoms with Crippen LogP contribution in [-0.2, 0) is 6.42 Å². The summed E-state index contributed by atoms with van der Waals surface area (Å²) < 4.78 is 5.32. The third-order valence-corrected chi connectivity index (χ3v) is 6.07. The summed E-state index contributed by atoms with van der Waals surface area (Å²) in [6.45, 7) is 4.35. The second-order valence-corrected chi connectivity index (χ2v) is 8.09. The van der Waals surface area contributed by atoms with Crippen molar-refractivity contribution < 1.29 is 9.21 Å². The lowest BCUT2D eigenvalue weighted by molar-refractivity contribution is 0.0742. The van der Waals surface area contributed by atoms with Crippen LogP contribution in [0.15, 0.2) is 75.9 Å². The highest BCUT2D eigenvalue weighted by Gasteiger charge is 2.25. The summed E-state index contributed by atoms with van der Waals surface area (Å²) in [6.07, 6.45) is 1.01. The van der Waals surface area contributed by atoms with E-state index in [0.29, 0.717) is 31.8 Å². The number of benzene rings is 2. The zero-order chi connectivity index (χ0) is 22.8. The fraction of sp³-hybridized carbons (Fsp3) is 0.231. The third-order valence-electron chi connectivity index (χ3n) is 6.07. The Morgan fingerprint density at radius 2 is 1.70 bits per heavy atom. The highest BCUT2D eigenvalue weighted by Crippen LogP contribution is 2.21. The Hall–Kier alpha value is -4.00. The molecule has 3 heterocycles. The van der Waals surface area contributed by atoms with Gasteiger partial charge in [0.2, 0.25) is 0 Å². The van der Waals surface area contributed by atoms with E-state index in [1.54, 1.807) is 23.1 Å². The molecule has 4 aromatic rings. The molecule has 0 bridgehead atoms. The highest BCUT2D eigenvalue weighted by atomic mass is 16.4. The van der Waals surface area contributed by atoms with Crippen LogP contribution in [0.25, 0.3) is 22.2 Å². The summed E-state index contributed by atoms with van der Waals surface area (Å²) in [6, 6.07) is 21.1. The van der Waals surface area contributed by atoms with Crippen molar-refractivity contribution in [3.8, 4) is 11.3 Å². The third kappa shape index (κ3) is 4.22. The van der Waals surface area contributed by atoms with Gasteiger partial charge in [0.05, 0.1) is 5.69 Å². The van der Waals surface area contributed by atoms with Crippen molar-refractivity contribution in [3.05, 3.63) is 88.3 Å². The van der Waals surface area contributed by atoms with E-state index in [1.807, 2.05) is 24.3 Å². The zero-order valence-corrected chi connectivity index (χ0v) is 18.4. The zero-order valence-electron chi connectivity index (χ0n) is 18.4. The van der Waals surface area contributed by atoms with Crippen molar-refractivity contribution in [3.63, 3.8) is 0 Å². The van der Waals surface area contributed by atoms with E-state index in [-0.39, 0.29) is 11.5 Å². The quantitative estimate of drug-likeness (QED) is 0.450. The Balaban J connectivity index is 1.25. The number of aromatic nitrogens is 2. The van der Waals surface area contributed by atoms with Gasteiger partial charge in [0.15, 0.2) is 5.82 Å². The average Bonchev–Trinajstić information content (AvgIpc) is 2.88. The molecule has 5 rings (SSSR count). The van der Waals surface area contributed by atoms with Crippen molar-refractivity contribution >= 4 is 22.7 Å². The van der Waals surface area contributed by atoms with Gasteiger partial charge in [-0.1, -0.05) is 49.4 Å². The first-order chi connectivity index (χ1) is 16.1. The number of carbonyl (C=O) groups is 1. The van der Waals surface area contributed by atoms with E-state index in [4.69, 9.17) is 4.42 Å². The largest absolute Gasteiger partial charge is 0.422 e. The van der Waals surface area contributed by atoms with Crippen molar-refractivity contribution in [2.75, 3.05) is 31.1 Å². The standard InChI is InChI=1S/C26H24N4O3/c1-2-18-7-9-19(10-8-18)22-11-12-24(28-27-22)29-13-15-30(16-14-29)25(31)21-17-20-5-3-4-6-23(20)33-26(21)32/h3-12,17H,2,13-16H2,1H3. The van der Waals surface area contributed by atoms with Crippen molar-refractivity contribution in [2.45, 2.75) is 13.3 Å². The molecule has 0 atom stereocenters. The molecule has 0 aliphatic carbocycles. The molecule has 1 amide bonds. The van der Waals surface area contributed by atoms with Crippen molar-refractivity contribution in [1.82, 2.24) is 15.1 Å². The van der Waals surface area contributed by atoms with Gasteiger partial charge in [-0.25, -0.2) is 4.79 Å². The number of anilines is 1. The maximum Gasteiger partial charge on any atom is 0.349 e. The molecule has 0 unspecified atom stereocenters. The van der Waals surface area contributed by atoms with Gasteiger partial charge < -0.3 is 14.2 Å². The van der Waals surface area contributed by atoms with E-state index < -0.39 is 5.63 Å². The number of fused-ring (bicyclic) bond motifs is 1. The smallest absolute Gasteiger partial charge is 0.349 e. The van der Waals surface area contributed by atoms with Gasteiger partial charge in [0.25, 0.3) is 5.91 Å². The van der Waals surface area contributed by atoms with E-state index >= 15 is 0 Å². The monoisotopic (exact) mass is 440 g/mol. The Morgan fingerprint density at radius 3 is 2.39 bits per heavy atom. The summed E-state index contributed by atoms with van der Waals surface area (Å²) in [5, 5.41) is 9.54. The van der Waals surface area contributed by atoms with Crippen LogP contribution in [0.3, 0.4) is 0 Å². The molecule has 0 radical (unpaired) electrons. The molecular formula is C26H24N4O3. The molecule has 7 heteroatoms. The number of para-hydroxylation sites is 1. The van der Waals surface area contributed by atoms with Gasteiger partial charge in [-0.15, -0.1) is 10.2 Å². The Labute approximate surface area is 191 Å². The maximum atomic E-state index is 13.0. The first-order valence-corrected chi connectivity index (χ1v) is 11.1. The summed E-state index contributed by atoms with van der Waals surface area (Å²) in [5.74, 6) is 0.479. The summed E-state index contributed by atoms with van der Waals surface area (Å²) in [7, 11) is 0. The van der Waals surface area contributed by atoms with E-state index in [9.17, 15) is 9.59 Å². The predicted molar refractivity (Wildman–Crippen MR) is 127 cm³/mol. The average molecular weight is 441 g/mol. The van der Waals surface area contributed by atoms with E-state index in [2.05, 4.69) is 46.3 Å². The lowest BCUT2D eigenvalue weighted by Crippen LogP contribution is -2.49. The molecule has 1 saturated heterocycles. The molecule has 0 saturated carbocycles. The van der Waals surface area contributed by atoms with Gasteiger partial charge in [0, 0.05) is 37.1 Å². The molecule has 33 heavy (non-hydrogen) atoms. The van der Waals surface area contributed by atoms with Crippen LogP contribution in [-0.4, -0.2) is 47.2 Å². The SMILES string of the molecule is CCc1ccc(-c2ccc(N3CCN(C(=O)c4cc5ccccc5oc4=O)CC3)nn2)cc1.